The van der Waals surface area contributed by atoms with Gasteiger partial charge < -0.3 is 14.2 Å². The van der Waals surface area contributed by atoms with E-state index in [1.54, 1.807) is 33.4 Å². The summed E-state index contributed by atoms with van der Waals surface area (Å²) in [5, 5.41) is 0. The molecule has 0 radical (unpaired) electrons. The molecule has 0 saturated heterocycles. The van der Waals surface area contributed by atoms with Gasteiger partial charge in [-0.05, 0) is 131 Å². The Kier molecular flexibility index (Phi) is 10.9. The van der Waals surface area contributed by atoms with E-state index in [0.717, 1.165) is 39.6 Å². The number of rotatable bonds is 2. The Bertz CT molecular complexity index is 1970. The van der Waals surface area contributed by atoms with Crippen LogP contribution in [-0.4, -0.2) is 19.8 Å². The molecule has 3 heterocycles. The maximum atomic E-state index is 5.72. The van der Waals surface area contributed by atoms with Crippen LogP contribution >= 0.6 is 0 Å². The van der Waals surface area contributed by atoms with Crippen molar-refractivity contribution < 1.29 is 14.2 Å². The van der Waals surface area contributed by atoms with Crippen molar-refractivity contribution in [1.29, 1.82) is 0 Å². The molecule has 57 heavy (non-hydrogen) atoms. The first-order valence-corrected chi connectivity index (χ1v) is 22.8. The fourth-order valence-corrected chi connectivity index (χ4v) is 12.6. The topological polar surface area (TPSA) is 27.7 Å². The van der Waals surface area contributed by atoms with Gasteiger partial charge in [-0.3, -0.25) is 0 Å². The molecule has 3 heteroatoms. The van der Waals surface area contributed by atoms with E-state index in [1.807, 2.05) is 0 Å². The number of benzene rings is 3. The lowest BCUT2D eigenvalue weighted by Crippen LogP contribution is -2.30. The quantitative estimate of drug-likeness (QED) is 0.260. The van der Waals surface area contributed by atoms with Gasteiger partial charge in [0.05, 0.1) is 39.6 Å². The lowest BCUT2D eigenvalue weighted by Gasteiger charge is -2.32. The Morgan fingerprint density at radius 2 is 0.737 bits per heavy atom. The van der Waals surface area contributed by atoms with E-state index in [4.69, 9.17) is 14.2 Å². The van der Waals surface area contributed by atoms with Crippen molar-refractivity contribution >= 4 is 0 Å². The molecule has 0 bridgehead atoms. The van der Waals surface area contributed by atoms with Crippen molar-refractivity contribution in [1.82, 2.24) is 0 Å². The lowest BCUT2D eigenvalue weighted by molar-refractivity contribution is 0.0949. The first-order valence-electron chi connectivity index (χ1n) is 22.8. The molecule has 3 aromatic carbocycles. The van der Waals surface area contributed by atoms with Crippen LogP contribution in [0.1, 0.15) is 221 Å². The van der Waals surface area contributed by atoms with Crippen molar-refractivity contribution in [2.24, 2.45) is 5.92 Å². The second-order valence-electron chi connectivity index (χ2n) is 22.7. The monoisotopic (exact) mass is 775 g/mol. The average molecular weight is 775 g/mol. The zero-order chi connectivity index (χ0) is 41.7. The van der Waals surface area contributed by atoms with Gasteiger partial charge in [0.25, 0.3) is 0 Å². The van der Waals surface area contributed by atoms with Gasteiger partial charge in [0.2, 0.25) is 0 Å². The van der Waals surface area contributed by atoms with E-state index in [1.165, 1.54) is 59.1 Å². The SMILES string of the molecule is CC1COCc2cc3c(cc21)C(C)(C)C(C)C3(C)C.CCC1(C)CC(C)(C)c2cc3c(cc21)C(C)COC3.CCC1(C)CC(C)(C)c2cc3c(cc21)COCC3C. The summed E-state index contributed by atoms with van der Waals surface area (Å²) >= 11 is 0. The summed E-state index contributed by atoms with van der Waals surface area (Å²) in [5.74, 6) is 2.27. The minimum Gasteiger partial charge on any atom is -0.376 e. The number of hydrogen-bond donors (Lipinski definition) is 0. The van der Waals surface area contributed by atoms with Gasteiger partial charge in [0, 0.05) is 17.8 Å². The summed E-state index contributed by atoms with van der Waals surface area (Å²) in [6, 6.07) is 14.8. The van der Waals surface area contributed by atoms with Gasteiger partial charge in [-0.25, -0.2) is 0 Å². The van der Waals surface area contributed by atoms with Crippen LogP contribution < -0.4 is 0 Å². The summed E-state index contributed by atoms with van der Waals surface area (Å²) in [6.07, 6.45) is 4.99. The van der Waals surface area contributed by atoms with Crippen LogP contribution in [0.4, 0.5) is 0 Å². The van der Waals surface area contributed by atoms with Crippen LogP contribution in [-0.2, 0) is 66.5 Å². The fourth-order valence-electron chi connectivity index (χ4n) is 12.6. The third kappa shape index (κ3) is 7.10. The molecule has 6 atom stereocenters. The molecule has 3 nitrogen and oxygen atoms in total. The smallest absolute Gasteiger partial charge is 0.0720 e. The van der Waals surface area contributed by atoms with Crippen LogP contribution in [0.15, 0.2) is 36.4 Å². The zero-order valence-corrected chi connectivity index (χ0v) is 39.1. The summed E-state index contributed by atoms with van der Waals surface area (Å²) in [4.78, 5) is 0. The Morgan fingerprint density at radius 1 is 0.439 bits per heavy atom. The van der Waals surface area contributed by atoms with Crippen molar-refractivity contribution in [3.05, 3.63) is 103 Å². The molecule has 3 aliphatic heterocycles. The molecular weight excluding hydrogens is 697 g/mol. The summed E-state index contributed by atoms with van der Waals surface area (Å²) in [6.45, 7) is 43.0. The molecular formula is C54H78O3. The first kappa shape index (κ1) is 42.7. The van der Waals surface area contributed by atoms with E-state index in [0.29, 0.717) is 45.3 Å². The summed E-state index contributed by atoms with van der Waals surface area (Å²) in [7, 11) is 0. The number of hydrogen-bond acceptors (Lipinski definition) is 3. The molecule has 0 spiro atoms. The Labute approximate surface area is 348 Å². The van der Waals surface area contributed by atoms with Crippen LogP contribution in [0.2, 0.25) is 0 Å². The van der Waals surface area contributed by atoms with Gasteiger partial charge in [0.1, 0.15) is 0 Å². The van der Waals surface area contributed by atoms with Gasteiger partial charge >= 0.3 is 0 Å². The zero-order valence-electron chi connectivity index (χ0n) is 39.1. The van der Waals surface area contributed by atoms with Gasteiger partial charge in [-0.1, -0.05) is 147 Å². The highest BCUT2D eigenvalue weighted by molar-refractivity contribution is 5.54. The van der Waals surface area contributed by atoms with Crippen molar-refractivity contribution in [2.45, 2.75) is 207 Å². The Morgan fingerprint density at radius 3 is 1.14 bits per heavy atom. The summed E-state index contributed by atoms with van der Waals surface area (Å²) < 4.78 is 17.2. The molecule has 6 unspecified atom stereocenters. The molecule has 0 N–H and O–H groups in total. The van der Waals surface area contributed by atoms with Crippen LogP contribution in [0.5, 0.6) is 0 Å². The van der Waals surface area contributed by atoms with Crippen LogP contribution in [0, 0.1) is 5.92 Å². The van der Waals surface area contributed by atoms with Crippen molar-refractivity contribution in [2.75, 3.05) is 19.8 Å². The molecule has 0 aromatic heterocycles. The molecule has 312 valence electrons. The normalized spacial score (nSPS) is 31.6. The fraction of sp³-hybridized carbons (Fsp3) is 0.667. The van der Waals surface area contributed by atoms with Crippen LogP contribution in [0.3, 0.4) is 0 Å². The average Bonchev–Trinajstić information content (AvgIpc) is 3.55. The highest BCUT2D eigenvalue weighted by Gasteiger charge is 2.49. The molecule has 0 fully saturated rings. The van der Waals surface area contributed by atoms with E-state index in [-0.39, 0.29) is 10.8 Å². The molecule has 0 saturated carbocycles. The molecule has 9 rings (SSSR count). The molecule has 6 aliphatic rings. The van der Waals surface area contributed by atoms with Crippen molar-refractivity contribution in [3.63, 3.8) is 0 Å². The van der Waals surface area contributed by atoms with Gasteiger partial charge in [-0.2, -0.15) is 0 Å². The lowest BCUT2D eigenvalue weighted by atomic mass is 9.71. The van der Waals surface area contributed by atoms with Crippen LogP contribution in [0.25, 0.3) is 0 Å². The number of ether oxygens (including phenoxy) is 3. The standard InChI is InChI=1S/3C18H26O/c1-11-9-19-10-13-7-15-16(8-14(11)13)18(5,6)12(2)17(15,3)4;1-6-18(5)11-17(3,4)15-8-14-12(2)9-19-10-13(14)7-16(15)18;1-6-18(5)11-17(3,4)15-7-13-10-19-9-12(2)14(13)8-16(15)18/h7-8,11-12H,9-10H2,1-6H3;2*7-8,12H,6,9-11H2,1-5H3. The highest BCUT2D eigenvalue weighted by Crippen LogP contribution is 2.56. The maximum absolute atomic E-state index is 5.72. The third-order valence-corrected chi connectivity index (χ3v) is 16.8. The molecule has 3 aliphatic carbocycles. The third-order valence-electron chi connectivity index (χ3n) is 16.8. The van der Waals surface area contributed by atoms with E-state index < -0.39 is 0 Å². The molecule has 0 amide bonds. The largest absolute Gasteiger partial charge is 0.376 e. The van der Waals surface area contributed by atoms with E-state index in [9.17, 15) is 0 Å². The minimum absolute atomic E-state index is 0.258. The predicted molar refractivity (Wildman–Crippen MR) is 239 cm³/mol. The second-order valence-corrected chi connectivity index (χ2v) is 22.7. The highest BCUT2D eigenvalue weighted by atomic mass is 16.5. The second kappa shape index (κ2) is 14.6. The molecule has 3 aromatic rings. The Hall–Kier alpha value is -2.46. The van der Waals surface area contributed by atoms with E-state index in [2.05, 4.69) is 147 Å². The summed E-state index contributed by atoms with van der Waals surface area (Å²) in [5.41, 5.74) is 20.1. The number of fused-ring (bicyclic) bond motifs is 6. The first-order chi connectivity index (χ1) is 26.5. The van der Waals surface area contributed by atoms with Gasteiger partial charge in [-0.15, -0.1) is 0 Å². The van der Waals surface area contributed by atoms with Gasteiger partial charge in [0.15, 0.2) is 0 Å². The Balaban J connectivity index is 0.000000131. The maximum Gasteiger partial charge on any atom is 0.0720 e. The minimum atomic E-state index is 0.258. The van der Waals surface area contributed by atoms with Crippen molar-refractivity contribution in [3.8, 4) is 0 Å². The van der Waals surface area contributed by atoms with E-state index >= 15 is 0 Å². The predicted octanol–water partition coefficient (Wildman–Crippen LogP) is 13.9.